The molecule has 1 aliphatic rings. The predicted molar refractivity (Wildman–Crippen MR) is 65.3 cm³/mol. The first-order chi connectivity index (χ1) is 7.70. The van der Waals surface area contributed by atoms with E-state index >= 15 is 0 Å². The fourth-order valence-electron chi connectivity index (χ4n) is 2.40. The quantitative estimate of drug-likeness (QED) is 0.761. The summed E-state index contributed by atoms with van der Waals surface area (Å²) in [7, 11) is 0. The molecule has 1 rings (SSSR count). The van der Waals surface area contributed by atoms with Gasteiger partial charge < -0.3 is 10.5 Å². The van der Waals surface area contributed by atoms with E-state index in [0.29, 0.717) is 6.42 Å². The number of hydrogen-bond donors (Lipinski definition) is 1. The number of carbonyl (C=O) groups is 1. The molecule has 3 unspecified atom stereocenters. The molecule has 0 radical (unpaired) electrons. The van der Waals surface area contributed by atoms with Crippen LogP contribution in [0.25, 0.3) is 0 Å². The highest BCUT2D eigenvalue weighted by Gasteiger charge is 2.51. The molecule has 0 aromatic rings. The van der Waals surface area contributed by atoms with Crippen molar-refractivity contribution in [3.05, 3.63) is 0 Å². The van der Waals surface area contributed by atoms with E-state index in [1.165, 1.54) is 0 Å². The van der Waals surface area contributed by atoms with Crippen molar-refractivity contribution in [2.45, 2.75) is 70.7 Å². The molecule has 0 aromatic heterocycles. The molecule has 1 fully saturated rings. The Morgan fingerprint density at radius 1 is 1.53 bits per heavy atom. The Labute approximate surface area is 103 Å². The Hall–Kier alpha value is -0.640. The van der Waals surface area contributed by atoms with Crippen molar-refractivity contribution in [2.24, 2.45) is 11.7 Å². The Bertz CT molecular complexity index is 288. The number of halogens is 1. The first-order valence-electron chi connectivity index (χ1n) is 6.38. The first-order valence-corrected chi connectivity index (χ1v) is 6.38. The minimum Gasteiger partial charge on any atom is -0.458 e. The zero-order valence-electron chi connectivity index (χ0n) is 11.3. The molecule has 0 bridgehead atoms. The normalized spacial score (nSPS) is 34.5. The van der Waals surface area contributed by atoms with Crippen molar-refractivity contribution in [1.82, 2.24) is 0 Å². The largest absolute Gasteiger partial charge is 0.458 e. The molecule has 100 valence electrons. The molecule has 0 aromatic carbocycles. The summed E-state index contributed by atoms with van der Waals surface area (Å²) in [6.07, 6.45) is 2.57. The van der Waals surface area contributed by atoms with Gasteiger partial charge in [0.2, 0.25) is 5.67 Å². The van der Waals surface area contributed by atoms with Crippen LogP contribution in [0.3, 0.4) is 0 Å². The Kier molecular flexibility index (Phi) is 4.18. The molecular formula is C13H24FNO2. The lowest BCUT2D eigenvalue weighted by Gasteiger charge is -2.39. The van der Waals surface area contributed by atoms with E-state index in [2.05, 4.69) is 0 Å². The van der Waals surface area contributed by atoms with Crippen LogP contribution in [0.4, 0.5) is 4.39 Å². The lowest BCUT2D eigenvalue weighted by atomic mass is 9.74. The maximum atomic E-state index is 14.7. The van der Waals surface area contributed by atoms with Gasteiger partial charge in [-0.25, -0.2) is 9.18 Å². The molecule has 2 N–H and O–H groups in total. The molecule has 4 heteroatoms. The van der Waals surface area contributed by atoms with Crippen molar-refractivity contribution >= 4 is 5.97 Å². The van der Waals surface area contributed by atoms with Crippen LogP contribution in [0.2, 0.25) is 0 Å². The minimum absolute atomic E-state index is 0.0706. The zero-order valence-corrected chi connectivity index (χ0v) is 11.3. The first kappa shape index (κ1) is 14.4. The number of nitrogens with two attached hydrogens (primary N) is 1. The summed E-state index contributed by atoms with van der Waals surface area (Å²) in [5.74, 6) is -0.725. The van der Waals surface area contributed by atoms with Gasteiger partial charge in [0.25, 0.3) is 0 Å². The van der Waals surface area contributed by atoms with Gasteiger partial charge in [0.05, 0.1) is 6.04 Å². The van der Waals surface area contributed by atoms with Crippen molar-refractivity contribution < 1.29 is 13.9 Å². The maximum absolute atomic E-state index is 14.7. The number of esters is 1. The van der Waals surface area contributed by atoms with Crippen molar-refractivity contribution in [3.8, 4) is 0 Å². The molecule has 1 aliphatic carbocycles. The summed E-state index contributed by atoms with van der Waals surface area (Å²) in [6.45, 7) is 7.19. The fraction of sp³-hybridized carbons (Fsp3) is 0.923. The smallest absolute Gasteiger partial charge is 0.346 e. The number of carbonyl (C=O) groups excluding carboxylic acids is 1. The van der Waals surface area contributed by atoms with Crippen LogP contribution in [0, 0.1) is 5.92 Å². The van der Waals surface area contributed by atoms with E-state index in [4.69, 9.17) is 10.5 Å². The number of alkyl halides is 1. The zero-order chi connectivity index (χ0) is 13.3. The Morgan fingerprint density at radius 2 is 2.12 bits per heavy atom. The highest BCUT2D eigenvalue weighted by Crippen LogP contribution is 2.37. The number of hydrogen-bond acceptors (Lipinski definition) is 3. The lowest BCUT2D eigenvalue weighted by molar-refractivity contribution is -0.174. The van der Waals surface area contributed by atoms with Crippen LogP contribution in [-0.2, 0) is 9.53 Å². The summed E-state index contributed by atoms with van der Waals surface area (Å²) in [6, 6.07) is -0.740. The fourth-order valence-corrected chi connectivity index (χ4v) is 2.40. The maximum Gasteiger partial charge on any atom is 0.346 e. The van der Waals surface area contributed by atoms with Gasteiger partial charge in [-0.1, -0.05) is 13.3 Å². The van der Waals surface area contributed by atoms with Gasteiger partial charge in [-0.3, -0.25) is 0 Å². The monoisotopic (exact) mass is 245 g/mol. The van der Waals surface area contributed by atoms with Crippen LogP contribution in [-0.4, -0.2) is 23.3 Å². The van der Waals surface area contributed by atoms with Gasteiger partial charge in [0, 0.05) is 0 Å². The average Bonchev–Trinajstić information content (AvgIpc) is 2.19. The van der Waals surface area contributed by atoms with E-state index in [1.54, 1.807) is 20.8 Å². The van der Waals surface area contributed by atoms with E-state index < -0.39 is 23.3 Å². The summed E-state index contributed by atoms with van der Waals surface area (Å²) < 4.78 is 19.9. The molecule has 17 heavy (non-hydrogen) atoms. The van der Waals surface area contributed by atoms with E-state index in [-0.39, 0.29) is 12.3 Å². The molecule has 3 atom stereocenters. The van der Waals surface area contributed by atoms with Gasteiger partial charge in [-0.2, -0.15) is 0 Å². The SMILES string of the molecule is CCC1CCCC(F)(C(=O)OC(C)(C)C)C1N. The highest BCUT2D eigenvalue weighted by molar-refractivity contribution is 5.81. The summed E-state index contributed by atoms with van der Waals surface area (Å²) in [4.78, 5) is 11.9. The Morgan fingerprint density at radius 3 is 2.59 bits per heavy atom. The topological polar surface area (TPSA) is 52.3 Å². The lowest BCUT2D eigenvalue weighted by Crippen LogP contribution is -2.58. The second kappa shape index (κ2) is 4.92. The van der Waals surface area contributed by atoms with Gasteiger partial charge >= 0.3 is 5.97 Å². The third-order valence-electron chi connectivity index (χ3n) is 3.41. The second-order valence-corrected chi connectivity index (χ2v) is 5.95. The molecule has 0 aliphatic heterocycles. The summed E-state index contributed by atoms with van der Waals surface area (Å²) in [5.41, 5.74) is 3.23. The van der Waals surface area contributed by atoms with Crippen LogP contribution in [0.15, 0.2) is 0 Å². The third kappa shape index (κ3) is 3.18. The second-order valence-electron chi connectivity index (χ2n) is 5.95. The highest BCUT2D eigenvalue weighted by atomic mass is 19.1. The average molecular weight is 245 g/mol. The molecule has 1 saturated carbocycles. The van der Waals surface area contributed by atoms with Crippen LogP contribution in [0.5, 0.6) is 0 Å². The van der Waals surface area contributed by atoms with Crippen LogP contribution < -0.4 is 5.73 Å². The Balaban J connectivity index is 2.81. The molecule has 0 spiro atoms. The van der Waals surface area contributed by atoms with Crippen LogP contribution >= 0.6 is 0 Å². The van der Waals surface area contributed by atoms with Gasteiger partial charge in [0.15, 0.2) is 0 Å². The van der Waals surface area contributed by atoms with Crippen LogP contribution in [0.1, 0.15) is 53.4 Å². The molecule has 0 heterocycles. The van der Waals surface area contributed by atoms with E-state index in [1.807, 2.05) is 6.92 Å². The van der Waals surface area contributed by atoms with Crippen molar-refractivity contribution in [3.63, 3.8) is 0 Å². The summed E-state index contributed by atoms with van der Waals surface area (Å²) in [5, 5.41) is 0. The molecule has 0 saturated heterocycles. The molecular weight excluding hydrogens is 221 g/mol. The van der Waals surface area contributed by atoms with Crippen molar-refractivity contribution in [2.75, 3.05) is 0 Å². The van der Waals surface area contributed by atoms with Gasteiger partial charge in [-0.15, -0.1) is 0 Å². The third-order valence-corrected chi connectivity index (χ3v) is 3.41. The summed E-state index contributed by atoms with van der Waals surface area (Å²) >= 11 is 0. The van der Waals surface area contributed by atoms with Gasteiger partial charge in [-0.05, 0) is 46.0 Å². The minimum atomic E-state index is -2.01. The standard InChI is InChI=1S/C13H24FNO2/c1-5-9-7-6-8-13(14,10(9)15)11(16)17-12(2,3)4/h9-10H,5-8,15H2,1-4H3. The van der Waals surface area contributed by atoms with Crippen molar-refractivity contribution in [1.29, 1.82) is 0 Å². The van der Waals surface area contributed by atoms with Gasteiger partial charge in [0.1, 0.15) is 5.60 Å². The van der Waals surface area contributed by atoms with E-state index in [9.17, 15) is 9.18 Å². The van der Waals surface area contributed by atoms with E-state index in [0.717, 1.165) is 12.8 Å². The number of rotatable bonds is 2. The molecule has 3 nitrogen and oxygen atoms in total. The molecule has 0 amide bonds. The predicted octanol–water partition coefficient (Wildman–Crippen LogP) is 2.57. The number of ether oxygens (including phenoxy) is 1.